The fraction of sp³-hybridized carbons (Fsp3) is 0.100. The smallest absolute Gasteiger partial charge is 0.121 e. The molecule has 0 radical (unpaired) electrons. The Labute approximate surface area is 243 Å². The van der Waals surface area contributed by atoms with Gasteiger partial charge in [-0.1, -0.05) is 56.1 Å². The van der Waals surface area contributed by atoms with Crippen molar-refractivity contribution in [3.05, 3.63) is 75.4 Å². The number of hydrogen-bond acceptors (Lipinski definition) is 2. The van der Waals surface area contributed by atoms with Crippen molar-refractivity contribution in [2.75, 3.05) is 13.2 Å². The highest BCUT2D eigenvalue weighted by Crippen LogP contribution is 2.37. The van der Waals surface area contributed by atoms with Crippen LogP contribution < -0.4 is 9.47 Å². The van der Waals surface area contributed by atoms with Crippen LogP contribution in [0.1, 0.15) is 11.1 Å². The third kappa shape index (κ3) is 8.80. The molecule has 0 saturated carbocycles. The van der Waals surface area contributed by atoms with Gasteiger partial charge in [0, 0.05) is 8.96 Å². The summed E-state index contributed by atoms with van der Waals surface area (Å²) < 4.78 is 16.8. The van der Waals surface area contributed by atoms with E-state index in [0.29, 0.717) is 13.2 Å². The van der Waals surface area contributed by atoms with Gasteiger partial charge in [-0.25, -0.2) is 0 Å². The second kappa shape index (κ2) is 13.7. The Balaban J connectivity index is 2.08. The fourth-order valence-corrected chi connectivity index (χ4v) is 3.72. The summed E-state index contributed by atoms with van der Waals surface area (Å²) in [6, 6.07) is 15.7. The van der Waals surface area contributed by atoms with Gasteiger partial charge in [0.2, 0.25) is 0 Å². The predicted octanol–water partition coefficient (Wildman–Crippen LogP) is 10.8. The second-order valence-electron chi connectivity index (χ2n) is 5.58. The van der Waals surface area contributed by atoms with Gasteiger partial charge in [0.25, 0.3) is 0 Å². The highest BCUT2D eigenvalue weighted by atomic mass is 79.9. The van der Waals surface area contributed by atoms with Crippen molar-refractivity contribution in [2.24, 2.45) is 0 Å². The normalized spacial score (nSPS) is 11.5. The molecule has 30 heavy (non-hydrogen) atoms. The maximum Gasteiger partial charge on any atom is 0.121 e. The first kappa shape index (κ1) is 27.3. The summed E-state index contributed by atoms with van der Waals surface area (Å²) in [5.41, 5.74) is 2.06. The molecule has 0 atom stereocenters. The van der Waals surface area contributed by atoms with Crippen LogP contribution in [0.3, 0.4) is 0 Å². The summed E-state index contributed by atoms with van der Waals surface area (Å²) in [6.07, 6.45) is 0. The average Bonchev–Trinajstić information content (AvgIpc) is 2.75. The molecule has 0 N–H and O–H groups in total. The number of benzene rings is 2. The summed E-state index contributed by atoms with van der Waals surface area (Å²) in [6.45, 7) is 0.860. The summed E-state index contributed by atoms with van der Waals surface area (Å²) in [4.78, 5) is 0. The zero-order chi connectivity index (χ0) is 22.3. The summed E-state index contributed by atoms with van der Waals surface area (Å²) in [5, 5.41) is 0. The van der Waals surface area contributed by atoms with Gasteiger partial charge < -0.3 is 9.47 Å². The van der Waals surface area contributed by atoms with E-state index in [4.69, 9.17) is 9.47 Å². The predicted molar refractivity (Wildman–Crippen MR) is 156 cm³/mol. The van der Waals surface area contributed by atoms with Crippen molar-refractivity contribution in [1.82, 2.24) is 0 Å². The highest BCUT2D eigenvalue weighted by Gasteiger charge is 2.08. The van der Waals surface area contributed by atoms with Crippen LogP contribution in [0.4, 0.5) is 0 Å². The van der Waals surface area contributed by atoms with Crippen molar-refractivity contribution in [3.8, 4) is 11.5 Å². The largest absolute Gasteiger partial charge is 0.488 e. The topological polar surface area (TPSA) is 18.5 Å². The summed E-state index contributed by atoms with van der Waals surface area (Å²) >= 11 is 27.6. The van der Waals surface area contributed by atoms with Crippen LogP contribution in [-0.4, -0.2) is 13.2 Å². The molecule has 0 aliphatic rings. The standard InChI is InChI=1S/C20H12Br8O2/c21-15(19(25)26)9-29-13-5-1-11(2-6-13)17(23)18(24)12-3-7-14(8-4-12)30-10-16(22)20(27)28/h1-8H,9-10H2. The molecule has 0 aliphatic heterocycles. The average molecular weight is 924 g/mol. The number of rotatable bonds is 8. The van der Waals surface area contributed by atoms with Crippen LogP contribution in [0, 0.1) is 0 Å². The molecule has 0 spiro atoms. The third-order valence-electron chi connectivity index (χ3n) is 3.55. The van der Waals surface area contributed by atoms with Crippen LogP contribution in [-0.2, 0) is 0 Å². The third-order valence-corrected chi connectivity index (χ3v) is 11.1. The highest BCUT2D eigenvalue weighted by molar-refractivity contribution is 9.29. The molecule has 0 aromatic heterocycles. The maximum absolute atomic E-state index is 5.74. The minimum Gasteiger partial charge on any atom is -0.488 e. The lowest BCUT2D eigenvalue weighted by Crippen LogP contribution is -1.97. The molecule has 2 nitrogen and oxygen atoms in total. The summed E-state index contributed by atoms with van der Waals surface area (Å²) in [7, 11) is 0. The first-order valence-corrected chi connectivity index (χ1v) is 14.4. The Morgan fingerprint density at radius 3 is 1.07 bits per heavy atom. The van der Waals surface area contributed by atoms with Gasteiger partial charge in [0.05, 0.1) is 15.7 Å². The Morgan fingerprint density at radius 1 is 0.500 bits per heavy atom. The van der Waals surface area contributed by atoms with E-state index in [1.807, 2.05) is 48.5 Å². The van der Waals surface area contributed by atoms with Gasteiger partial charge in [-0.3, -0.25) is 0 Å². The van der Waals surface area contributed by atoms with Crippen molar-refractivity contribution >= 4 is 136 Å². The van der Waals surface area contributed by atoms with Gasteiger partial charge in [-0.15, -0.1) is 0 Å². The van der Waals surface area contributed by atoms with Gasteiger partial charge >= 0.3 is 0 Å². The lowest BCUT2D eigenvalue weighted by atomic mass is 10.1. The Kier molecular flexibility index (Phi) is 12.5. The lowest BCUT2D eigenvalue weighted by Gasteiger charge is -2.10. The molecule has 160 valence electrons. The molecule has 0 fully saturated rings. The molecular formula is C20H12Br8O2. The lowest BCUT2D eigenvalue weighted by molar-refractivity contribution is 0.360. The van der Waals surface area contributed by atoms with Gasteiger partial charge in [0.1, 0.15) is 24.7 Å². The van der Waals surface area contributed by atoms with Crippen molar-refractivity contribution < 1.29 is 9.47 Å². The molecular weight excluding hydrogens is 911 g/mol. The van der Waals surface area contributed by atoms with E-state index >= 15 is 0 Å². The number of hydrogen-bond donors (Lipinski definition) is 0. The molecule has 0 heterocycles. The van der Waals surface area contributed by atoms with Crippen LogP contribution in [0.25, 0.3) is 8.96 Å². The molecule has 2 aromatic rings. The Hall–Kier alpha value is 1.10. The van der Waals surface area contributed by atoms with Crippen LogP contribution in [0.15, 0.2) is 64.3 Å². The number of ether oxygens (including phenoxy) is 2. The van der Waals surface area contributed by atoms with E-state index < -0.39 is 0 Å². The van der Waals surface area contributed by atoms with Gasteiger partial charge in [-0.05, 0) is 131 Å². The minimum atomic E-state index is 0.430. The quantitative estimate of drug-likeness (QED) is 0.246. The molecule has 0 bridgehead atoms. The van der Waals surface area contributed by atoms with Crippen molar-refractivity contribution in [3.63, 3.8) is 0 Å². The molecule has 0 amide bonds. The van der Waals surface area contributed by atoms with Gasteiger partial charge in [-0.2, -0.15) is 0 Å². The van der Waals surface area contributed by atoms with Crippen molar-refractivity contribution in [2.45, 2.75) is 0 Å². The summed E-state index contributed by atoms with van der Waals surface area (Å²) in [5.74, 6) is 1.57. The molecule has 0 unspecified atom stereocenters. The minimum absolute atomic E-state index is 0.430. The van der Waals surface area contributed by atoms with E-state index in [1.165, 1.54) is 0 Å². The Morgan fingerprint density at radius 2 is 0.800 bits per heavy atom. The molecule has 10 heteroatoms. The van der Waals surface area contributed by atoms with E-state index in [2.05, 4.69) is 127 Å². The van der Waals surface area contributed by atoms with Crippen molar-refractivity contribution in [1.29, 1.82) is 0 Å². The Bertz CT molecular complexity index is 876. The van der Waals surface area contributed by atoms with Gasteiger partial charge in [0.15, 0.2) is 0 Å². The number of halogens is 8. The monoisotopic (exact) mass is 915 g/mol. The van der Waals surface area contributed by atoms with Crippen LogP contribution in [0.2, 0.25) is 0 Å². The first-order chi connectivity index (χ1) is 14.2. The van der Waals surface area contributed by atoms with E-state index in [9.17, 15) is 0 Å². The van der Waals surface area contributed by atoms with E-state index in [-0.39, 0.29) is 0 Å². The maximum atomic E-state index is 5.74. The zero-order valence-electron chi connectivity index (χ0n) is 14.9. The fourth-order valence-electron chi connectivity index (χ4n) is 2.05. The second-order valence-corrected chi connectivity index (χ2v) is 14.4. The molecule has 2 rings (SSSR count). The first-order valence-electron chi connectivity index (χ1n) is 8.10. The molecule has 0 saturated heterocycles. The van der Waals surface area contributed by atoms with Crippen LogP contribution >= 0.6 is 127 Å². The van der Waals surface area contributed by atoms with Crippen LogP contribution in [0.5, 0.6) is 11.5 Å². The SMILES string of the molecule is BrC(Br)=C(Br)COc1ccc(C(Br)=C(Br)c2ccc(OCC(Br)=C(Br)Br)cc2)cc1. The molecule has 0 aliphatic carbocycles. The molecule has 2 aromatic carbocycles. The van der Waals surface area contributed by atoms with E-state index in [0.717, 1.165) is 47.3 Å². The van der Waals surface area contributed by atoms with E-state index in [1.54, 1.807) is 0 Å². The zero-order valence-corrected chi connectivity index (χ0v) is 27.6.